The average Bonchev–Trinajstić information content (AvgIpc) is 2.64. The Morgan fingerprint density at radius 3 is 2.17 bits per heavy atom. The number of ether oxygens (including phenoxy) is 1. The van der Waals surface area contributed by atoms with Crippen molar-refractivity contribution >= 4 is 18.4 Å². The van der Waals surface area contributed by atoms with Crippen LogP contribution in [-0.4, -0.2) is 31.3 Å². The highest BCUT2D eigenvalue weighted by Gasteiger charge is 2.24. The van der Waals surface area contributed by atoms with Crippen molar-refractivity contribution < 1.29 is 10.1 Å². The first-order valence-electron chi connectivity index (χ1n) is 8.39. The highest BCUT2D eigenvalue weighted by atomic mass is 32.1. The van der Waals surface area contributed by atoms with E-state index in [1.54, 1.807) is 0 Å². The molecule has 2 heterocycles. The predicted molar refractivity (Wildman–Crippen MR) is 92.0 cm³/mol. The second-order valence-electron chi connectivity index (χ2n) is 6.00. The monoisotopic (exact) mass is 345 g/mol. The van der Waals surface area contributed by atoms with Gasteiger partial charge in [-0.2, -0.15) is 10.5 Å². The van der Waals surface area contributed by atoms with Crippen molar-refractivity contribution in [1.29, 1.82) is 10.5 Å². The summed E-state index contributed by atoms with van der Waals surface area (Å²) in [5.74, 6) is 0.372. The lowest BCUT2D eigenvalue weighted by Gasteiger charge is -2.26. The summed E-state index contributed by atoms with van der Waals surface area (Å²) in [6.07, 6.45) is 5.43. The Morgan fingerprint density at radius 2 is 1.71 bits per heavy atom. The number of anilines is 1. The van der Waals surface area contributed by atoms with E-state index in [0.717, 1.165) is 57.6 Å². The number of nitrogens with two attached hydrogens (primary N) is 2. The molecule has 1 aliphatic carbocycles. The molecular weight excluding hydrogens is 322 g/mol. The number of quaternary nitrogens is 1. The minimum absolute atomic E-state index is 0.155. The summed E-state index contributed by atoms with van der Waals surface area (Å²) in [5.41, 5.74) is 7.19. The van der Waals surface area contributed by atoms with Gasteiger partial charge in [-0.1, -0.05) is 24.3 Å². The number of hydrogen-bond acceptors (Lipinski definition) is 6. The van der Waals surface area contributed by atoms with Crippen LogP contribution in [-0.2, 0) is 17.4 Å². The second kappa shape index (κ2) is 9.39. The molecule has 0 unspecified atom stereocenters. The van der Waals surface area contributed by atoms with E-state index in [-0.39, 0.29) is 16.8 Å². The van der Waals surface area contributed by atoms with Crippen molar-refractivity contribution in [3.8, 4) is 12.1 Å². The van der Waals surface area contributed by atoms with Gasteiger partial charge < -0.3 is 28.4 Å². The van der Waals surface area contributed by atoms with Gasteiger partial charge in [0.1, 0.15) is 11.9 Å². The highest BCUT2D eigenvalue weighted by molar-refractivity contribution is 7.58. The van der Waals surface area contributed by atoms with E-state index in [4.69, 9.17) is 23.1 Å². The number of nitrogens with zero attached hydrogens (tertiary/aromatic N) is 3. The Labute approximate surface area is 148 Å². The molecule has 2 aliphatic rings. The van der Waals surface area contributed by atoms with Crippen molar-refractivity contribution in [2.24, 2.45) is 0 Å². The van der Waals surface area contributed by atoms with E-state index in [9.17, 15) is 10.5 Å². The first kappa shape index (κ1) is 18.4. The van der Waals surface area contributed by atoms with Gasteiger partial charge in [-0.05, 0) is 24.3 Å². The van der Waals surface area contributed by atoms with Crippen LogP contribution < -0.4 is 11.1 Å². The van der Waals surface area contributed by atoms with Crippen molar-refractivity contribution in [1.82, 2.24) is 4.98 Å². The molecule has 0 aromatic carbocycles. The predicted octanol–water partition coefficient (Wildman–Crippen LogP) is 0.941. The Kier molecular flexibility index (Phi) is 7.20. The lowest BCUT2D eigenvalue weighted by atomic mass is 9.80. The van der Waals surface area contributed by atoms with Gasteiger partial charge in [-0.15, -0.1) is 0 Å². The molecule has 128 valence electrons. The maximum atomic E-state index is 9.23. The minimum Gasteiger partial charge on any atom is -0.759 e. The van der Waals surface area contributed by atoms with Gasteiger partial charge in [-0.25, -0.2) is 0 Å². The van der Waals surface area contributed by atoms with E-state index < -0.39 is 0 Å². The first-order chi connectivity index (χ1) is 11.7. The summed E-state index contributed by atoms with van der Waals surface area (Å²) < 4.78 is 5.04. The molecule has 0 radical (unpaired) electrons. The largest absolute Gasteiger partial charge is 0.759 e. The van der Waals surface area contributed by atoms with Crippen LogP contribution in [0.5, 0.6) is 0 Å². The molecule has 1 aliphatic heterocycles. The number of rotatable bonds is 1. The summed E-state index contributed by atoms with van der Waals surface area (Å²) in [5, 5.41) is 20.9. The summed E-state index contributed by atoms with van der Waals surface area (Å²) in [7, 11) is 0. The topological polar surface area (TPSA) is 112 Å². The maximum absolute atomic E-state index is 9.23. The van der Waals surface area contributed by atoms with Gasteiger partial charge in [0.25, 0.3) is 0 Å². The normalized spacial score (nSPS) is 17.9. The standard InChI is InChI=1S/C13H14N4S.C4H9NO/c14-6-9-11(8-4-2-1-3-5-8)10(7-15)13(18)17-12(9)16;1-3-6-4-2-5-1/h8H,1-5H2,(H3,16,17,18);5H,1-4H2. The molecular formula is C17H23N5OS. The average molecular weight is 345 g/mol. The van der Waals surface area contributed by atoms with E-state index in [1.807, 2.05) is 0 Å². The minimum atomic E-state index is 0.155. The first-order valence-corrected chi connectivity index (χ1v) is 8.79. The number of nitriles is 2. The Hall–Kier alpha value is -1.93. The second-order valence-corrected chi connectivity index (χ2v) is 6.39. The van der Waals surface area contributed by atoms with Crippen molar-refractivity contribution in [2.45, 2.75) is 43.0 Å². The van der Waals surface area contributed by atoms with Crippen molar-refractivity contribution in [2.75, 3.05) is 32.0 Å². The fourth-order valence-electron chi connectivity index (χ4n) is 3.20. The number of hydrogen-bond donors (Lipinski definition) is 2. The molecule has 7 heteroatoms. The molecule has 4 N–H and O–H groups in total. The summed E-state index contributed by atoms with van der Waals surface area (Å²) in [4.78, 5) is 3.92. The molecule has 0 amide bonds. The van der Waals surface area contributed by atoms with Crippen LogP contribution in [0.4, 0.5) is 5.82 Å². The maximum Gasteiger partial charge on any atom is 0.139 e. The molecule has 0 spiro atoms. The summed E-state index contributed by atoms with van der Waals surface area (Å²) >= 11 is 5.08. The summed E-state index contributed by atoms with van der Waals surface area (Å²) in [6.45, 7) is 4.19. The Balaban J connectivity index is 0.000000292. The van der Waals surface area contributed by atoms with E-state index in [2.05, 4.69) is 22.4 Å². The van der Waals surface area contributed by atoms with Gasteiger partial charge in [0, 0.05) is 0 Å². The van der Waals surface area contributed by atoms with Gasteiger partial charge in [0.2, 0.25) is 0 Å². The third-order valence-electron chi connectivity index (χ3n) is 4.40. The Morgan fingerprint density at radius 1 is 1.08 bits per heavy atom. The van der Waals surface area contributed by atoms with Crippen LogP contribution in [0.2, 0.25) is 0 Å². The molecule has 1 saturated heterocycles. The van der Waals surface area contributed by atoms with Crippen LogP contribution in [0.3, 0.4) is 0 Å². The van der Waals surface area contributed by atoms with Crippen LogP contribution in [0.15, 0.2) is 5.03 Å². The molecule has 1 aromatic heterocycles. The van der Waals surface area contributed by atoms with Crippen molar-refractivity contribution in [3.05, 3.63) is 16.7 Å². The quantitative estimate of drug-likeness (QED) is 0.733. The highest BCUT2D eigenvalue weighted by Crippen LogP contribution is 2.38. The Bertz CT molecular complexity index is 590. The van der Waals surface area contributed by atoms with Gasteiger partial charge in [0.15, 0.2) is 0 Å². The smallest absolute Gasteiger partial charge is 0.139 e. The SMILES string of the molecule is C1COCC[NH2+]1.N#Cc1c(N)nc([S-])c(C#N)c1C1CCCCC1. The van der Waals surface area contributed by atoms with Gasteiger partial charge in [0.05, 0.1) is 43.5 Å². The third kappa shape index (κ3) is 4.55. The van der Waals surface area contributed by atoms with Gasteiger partial charge in [-0.3, -0.25) is 4.98 Å². The number of morpholine rings is 1. The van der Waals surface area contributed by atoms with Crippen LogP contribution >= 0.6 is 0 Å². The zero-order valence-electron chi connectivity index (χ0n) is 13.8. The molecule has 24 heavy (non-hydrogen) atoms. The van der Waals surface area contributed by atoms with E-state index >= 15 is 0 Å². The molecule has 0 atom stereocenters. The molecule has 1 saturated carbocycles. The molecule has 1 aromatic rings. The van der Waals surface area contributed by atoms with E-state index in [1.165, 1.54) is 6.42 Å². The lowest BCUT2D eigenvalue weighted by molar-refractivity contribution is -0.670. The molecule has 0 bridgehead atoms. The van der Waals surface area contributed by atoms with Crippen LogP contribution in [0.25, 0.3) is 0 Å². The fraction of sp³-hybridized carbons (Fsp3) is 0.588. The molecule has 2 fully saturated rings. The van der Waals surface area contributed by atoms with Crippen LogP contribution in [0, 0.1) is 22.7 Å². The zero-order chi connectivity index (χ0) is 17.4. The lowest BCUT2D eigenvalue weighted by Crippen LogP contribution is -2.87. The van der Waals surface area contributed by atoms with E-state index in [0.29, 0.717) is 11.1 Å². The number of pyridine rings is 1. The zero-order valence-corrected chi connectivity index (χ0v) is 14.6. The number of aromatic nitrogens is 1. The molecule has 6 nitrogen and oxygen atoms in total. The van der Waals surface area contributed by atoms with Crippen LogP contribution in [0.1, 0.15) is 54.7 Å². The summed E-state index contributed by atoms with van der Waals surface area (Å²) in [6, 6.07) is 4.17. The van der Waals surface area contributed by atoms with Crippen molar-refractivity contribution in [3.63, 3.8) is 0 Å². The molecule has 3 rings (SSSR count). The third-order valence-corrected chi connectivity index (χ3v) is 4.70. The van der Waals surface area contributed by atoms with Gasteiger partial charge >= 0.3 is 0 Å². The number of nitrogen functional groups attached to an aromatic ring is 1. The fourth-order valence-corrected chi connectivity index (χ4v) is 3.46.